The molecular weight excluding hydrogens is 366 g/mol. The summed E-state index contributed by atoms with van der Waals surface area (Å²) in [7, 11) is 0. The fraction of sp³-hybridized carbons (Fsp3) is 0.273. The fourth-order valence-electron chi connectivity index (χ4n) is 4.07. The van der Waals surface area contributed by atoms with Crippen LogP contribution in [-0.2, 0) is 6.42 Å². The highest BCUT2D eigenvalue weighted by atomic mass is 16.5. The molecule has 3 aromatic heterocycles. The summed E-state index contributed by atoms with van der Waals surface area (Å²) >= 11 is 0. The number of aromatic amines is 1. The summed E-state index contributed by atoms with van der Waals surface area (Å²) in [6.45, 7) is 1.49. The van der Waals surface area contributed by atoms with Crippen LogP contribution in [0.5, 0.6) is 0 Å². The van der Waals surface area contributed by atoms with E-state index < -0.39 is 0 Å². The summed E-state index contributed by atoms with van der Waals surface area (Å²) < 4.78 is 5.40. The average molecular weight is 387 g/mol. The Balaban J connectivity index is 1.29. The van der Waals surface area contributed by atoms with Gasteiger partial charge in [-0.25, -0.2) is 0 Å². The molecule has 1 amide bonds. The molecule has 1 saturated heterocycles. The first kappa shape index (κ1) is 17.6. The van der Waals surface area contributed by atoms with Gasteiger partial charge in [0, 0.05) is 60.1 Å². The Labute approximate surface area is 167 Å². The first-order valence-electron chi connectivity index (χ1n) is 9.86. The van der Waals surface area contributed by atoms with E-state index in [0.717, 1.165) is 41.4 Å². The predicted molar refractivity (Wildman–Crippen MR) is 108 cm³/mol. The van der Waals surface area contributed by atoms with Crippen LogP contribution in [0, 0.1) is 5.92 Å². The molecule has 4 heterocycles. The second-order valence-electron chi connectivity index (χ2n) is 7.46. The number of piperidine rings is 1. The molecule has 0 saturated carbocycles. The molecule has 0 radical (unpaired) electrons. The molecule has 1 unspecified atom stereocenters. The average Bonchev–Trinajstić information content (AvgIpc) is 3.43. The number of carbonyl (C=O) groups is 1. The van der Waals surface area contributed by atoms with E-state index in [9.17, 15) is 4.79 Å². The monoisotopic (exact) mass is 387 g/mol. The minimum absolute atomic E-state index is 0.0884. The number of likely N-dealkylation sites (tertiary alicyclic amines) is 1. The number of benzene rings is 1. The van der Waals surface area contributed by atoms with E-state index >= 15 is 0 Å². The van der Waals surface area contributed by atoms with E-state index in [1.54, 1.807) is 12.4 Å². The number of pyridine rings is 1. The Kier molecular flexibility index (Phi) is 4.56. The summed E-state index contributed by atoms with van der Waals surface area (Å²) in [5.41, 5.74) is 2.60. The zero-order valence-corrected chi connectivity index (χ0v) is 15.9. The van der Waals surface area contributed by atoms with Crippen molar-refractivity contribution in [3.63, 3.8) is 0 Å². The molecule has 0 aliphatic carbocycles. The molecule has 1 atom stereocenters. The lowest BCUT2D eigenvalue weighted by atomic mass is 9.94. The number of carbonyl (C=O) groups excluding carboxylic acids is 1. The molecule has 1 N–H and O–H groups in total. The van der Waals surface area contributed by atoms with Crippen molar-refractivity contribution in [2.24, 2.45) is 5.92 Å². The minimum Gasteiger partial charge on any atom is -0.361 e. The van der Waals surface area contributed by atoms with Crippen molar-refractivity contribution in [2.45, 2.75) is 19.3 Å². The first-order chi connectivity index (χ1) is 14.3. The van der Waals surface area contributed by atoms with Crippen molar-refractivity contribution in [2.75, 3.05) is 13.1 Å². The number of amides is 1. The number of nitrogens with zero attached hydrogens (tertiary/aromatic N) is 4. The third-order valence-electron chi connectivity index (χ3n) is 5.50. The SMILES string of the molecule is O=C(c1cccc2[nH]ccc12)N1CCCC(Cc2noc(-c3ccncc3)n2)C1. The van der Waals surface area contributed by atoms with E-state index in [1.807, 2.05) is 47.5 Å². The lowest BCUT2D eigenvalue weighted by molar-refractivity contribution is 0.0674. The number of hydrogen-bond donors (Lipinski definition) is 1. The van der Waals surface area contributed by atoms with E-state index in [0.29, 0.717) is 30.6 Å². The van der Waals surface area contributed by atoms with Gasteiger partial charge in [-0.05, 0) is 49.1 Å². The smallest absolute Gasteiger partial charge is 0.258 e. The first-order valence-corrected chi connectivity index (χ1v) is 9.86. The number of nitrogens with one attached hydrogen (secondary N) is 1. The summed E-state index contributed by atoms with van der Waals surface area (Å²) in [6.07, 6.45) is 8.01. The van der Waals surface area contributed by atoms with Gasteiger partial charge in [0.2, 0.25) is 0 Å². The molecule has 1 aromatic carbocycles. The van der Waals surface area contributed by atoms with Crippen LogP contribution in [-0.4, -0.2) is 44.0 Å². The zero-order chi connectivity index (χ0) is 19.6. The van der Waals surface area contributed by atoms with E-state index in [-0.39, 0.29) is 5.91 Å². The van der Waals surface area contributed by atoms with Crippen molar-refractivity contribution in [1.29, 1.82) is 0 Å². The van der Waals surface area contributed by atoms with Crippen LogP contribution < -0.4 is 0 Å². The van der Waals surface area contributed by atoms with Gasteiger partial charge >= 0.3 is 0 Å². The topological polar surface area (TPSA) is 87.9 Å². The van der Waals surface area contributed by atoms with E-state index in [1.165, 1.54) is 0 Å². The van der Waals surface area contributed by atoms with Gasteiger partial charge in [-0.3, -0.25) is 9.78 Å². The maximum atomic E-state index is 13.2. The van der Waals surface area contributed by atoms with Crippen LogP contribution in [0.1, 0.15) is 29.0 Å². The van der Waals surface area contributed by atoms with Crippen molar-refractivity contribution < 1.29 is 9.32 Å². The molecule has 7 nitrogen and oxygen atoms in total. The molecule has 146 valence electrons. The molecule has 5 rings (SSSR count). The molecular formula is C22H21N5O2. The van der Waals surface area contributed by atoms with Gasteiger partial charge in [-0.1, -0.05) is 11.2 Å². The Morgan fingerprint density at radius 3 is 3.00 bits per heavy atom. The van der Waals surface area contributed by atoms with Crippen LogP contribution in [0.2, 0.25) is 0 Å². The molecule has 1 aliphatic rings. The number of hydrogen-bond acceptors (Lipinski definition) is 5. The van der Waals surface area contributed by atoms with E-state index in [2.05, 4.69) is 20.1 Å². The Morgan fingerprint density at radius 1 is 1.21 bits per heavy atom. The van der Waals surface area contributed by atoms with Crippen LogP contribution in [0.25, 0.3) is 22.4 Å². The van der Waals surface area contributed by atoms with Crippen molar-refractivity contribution in [3.8, 4) is 11.5 Å². The predicted octanol–water partition coefficient (Wildman–Crippen LogP) is 3.71. The highest BCUT2D eigenvalue weighted by Crippen LogP contribution is 2.25. The third kappa shape index (κ3) is 3.51. The summed E-state index contributed by atoms with van der Waals surface area (Å²) in [6, 6.07) is 11.5. The maximum Gasteiger partial charge on any atom is 0.258 e. The quantitative estimate of drug-likeness (QED) is 0.577. The molecule has 7 heteroatoms. The number of fused-ring (bicyclic) bond motifs is 1. The number of rotatable bonds is 4. The fourth-order valence-corrected chi connectivity index (χ4v) is 4.07. The van der Waals surface area contributed by atoms with Crippen LogP contribution >= 0.6 is 0 Å². The molecule has 4 aromatic rings. The van der Waals surface area contributed by atoms with Gasteiger partial charge in [0.25, 0.3) is 11.8 Å². The van der Waals surface area contributed by atoms with Crippen LogP contribution in [0.3, 0.4) is 0 Å². The Morgan fingerprint density at radius 2 is 2.10 bits per heavy atom. The number of H-pyrrole nitrogens is 1. The zero-order valence-electron chi connectivity index (χ0n) is 15.9. The highest BCUT2D eigenvalue weighted by Gasteiger charge is 2.27. The lowest BCUT2D eigenvalue weighted by Crippen LogP contribution is -2.40. The maximum absolute atomic E-state index is 13.2. The van der Waals surface area contributed by atoms with Gasteiger partial charge in [0.15, 0.2) is 5.82 Å². The van der Waals surface area contributed by atoms with Crippen LogP contribution in [0.4, 0.5) is 0 Å². The highest BCUT2D eigenvalue weighted by molar-refractivity contribution is 6.06. The normalized spacial score (nSPS) is 17.0. The number of aromatic nitrogens is 4. The molecule has 0 bridgehead atoms. The largest absolute Gasteiger partial charge is 0.361 e. The van der Waals surface area contributed by atoms with E-state index in [4.69, 9.17) is 4.52 Å². The van der Waals surface area contributed by atoms with Crippen molar-refractivity contribution in [1.82, 2.24) is 25.0 Å². The molecule has 1 fully saturated rings. The summed E-state index contributed by atoms with van der Waals surface area (Å²) in [4.78, 5) is 26.8. The third-order valence-corrected chi connectivity index (χ3v) is 5.50. The second kappa shape index (κ2) is 7.50. The Hall–Kier alpha value is -3.48. The summed E-state index contributed by atoms with van der Waals surface area (Å²) in [5.74, 6) is 1.60. The van der Waals surface area contributed by atoms with Gasteiger partial charge in [-0.2, -0.15) is 4.98 Å². The van der Waals surface area contributed by atoms with Gasteiger partial charge in [-0.15, -0.1) is 0 Å². The van der Waals surface area contributed by atoms with Crippen molar-refractivity contribution in [3.05, 3.63) is 66.4 Å². The molecule has 0 spiro atoms. The Bertz CT molecular complexity index is 1130. The van der Waals surface area contributed by atoms with Crippen LogP contribution in [0.15, 0.2) is 59.5 Å². The van der Waals surface area contributed by atoms with Crippen molar-refractivity contribution >= 4 is 16.8 Å². The molecule has 1 aliphatic heterocycles. The lowest BCUT2D eigenvalue weighted by Gasteiger charge is -2.32. The minimum atomic E-state index is 0.0884. The molecule has 29 heavy (non-hydrogen) atoms. The van der Waals surface area contributed by atoms with Gasteiger partial charge < -0.3 is 14.4 Å². The van der Waals surface area contributed by atoms with Gasteiger partial charge in [0.1, 0.15) is 0 Å². The van der Waals surface area contributed by atoms with Gasteiger partial charge in [0.05, 0.1) is 0 Å². The summed E-state index contributed by atoms with van der Waals surface area (Å²) in [5, 5.41) is 5.11. The second-order valence-corrected chi connectivity index (χ2v) is 7.46. The standard InChI is InChI=1S/C22H21N5O2/c28-22(18-4-1-5-19-17(18)8-11-24-19)27-12-2-3-15(14-27)13-20-25-21(29-26-20)16-6-9-23-10-7-16/h1,4-11,15,24H,2-3,12-14H2.